The number of fused-ring (bicyclic) bond motifs is 1. The van der Waals surface area contributed by atoms with Crippen LogP contribution in [0.5, 0.6) is 6.01 Å². The van der Waals surface area contributed by atoms with Gasteiger partial charge in [0, 0.05) is 0 Å². The van der Waals surface area contributed by atoms with Crippen molar-refractivity contribution in [1.82, 2.24) is 25.1 Å². The van der Waals surface area contributed by atoms with Gasteiger partial charge in [-0.05, 0) is 48.7 Å². The number of carboxylic acids is 1. The normalized spacial score (nSPS) is 11.1. The third kappa shape index (κ3) is 4.12. The van der Waals surface area contributed by atoms with Gasteiger partial charge < -0.3 is 9.84 Å². The van der Waals surface area contributed by atoms with Gasteiger partial charge in [-0.15, -0.1) is 0 Å². The number of aromatic carboxylic acids is 1. The topological polar surface area (TPSA) is 110 Å². The predicted molar refractivity (Wildman–Crippen MR) is 130 cm³/mol. The molecule has 9 nitrogen and oxygen atoms in total. The van der Waals surface area contributed by atoms with Crippen LogP contribution in [0.3, 0.4) is 0 Å². The Labute approximate surface area is 201 Å². The molecule has 176 valence electrons. The lowest BCUT2D eigenvalue weighted by atomic mass is 9.98. The van der Waals surface area contributed by atoms with E-state index in [4.69, 9.17) is 4.74 Å². The summed E-state index contributed by atoms with van der Waals surface area (Å²) in [7, 11) is 0. The summed E-state index contributed by atoms with van der Waals surface area (Å²) in [5.74, 6) is -0.219. The molecule has 2 N–H and O–H groups in total. The van der Waals surface area contributed by atoms with E-state index in [1.165, 1.54) is 0 Å². The van der Waals surface area contributed by atoms with Gasteiger partial charge in [0.05, 0.1) is 41.9 Å². The SMILES string of the molecule is CCOc1nc2cccc(C(=O)O)c2n1Cc1ccc(-c2ccccc2-c2nn[nH][n+]2CC)cc1. The van der Waals surface area contributed by atoms with Crippen molar-refractivity contribution in [3.8, 4) is 28.5 Å². The molecule has 0 radical (unpaired) electrons. The predicted octanol–water partition coefficient (Wildman–Crippen LogP) is 3.94. The number of imidazole rings is 1. The number of aromatic amines is 1. The molecule has 0 aliphatic heterocycles. The maximum atomic E-state index is 11.9. The average molecular weight is 470 g/mol. The van der Waals surface area contributed by atoms with Crippen LogP contribution in [-0.4, -0.2) is 42.8 Å². The molecule has 0 spiro atoms. The molecule has 2 aromatic heterocycles. The largest absolute Gasteiger partial charge is 0.478 e. The Morgan fingerprint density at radius 2 is 1.80 bits per heavy atom. The van der Waals surface area contributed by atoms with Crippen LogP contribution in [0.25, 0.3) is 33.5 Å². The molecule has 0 aliphatic rings. The Balaban J connectivity index is 1.52. The highest BCUT2D eigenvalue weighted by atomic mass is 16.5. The quantitative estimate of drug-likeness (QED) is 0.333. The van der Waals surface area contributed by atoms with Gasteiger partial charge in [0.15, 0.2) is 5.21 Å². The van der Waals surface area contributed by atoms with Gasteiger partial charge in [-0.25, -0.2) is 4.79 Å². The molecule has 0 aliphatic carbocycles. The van der Waals surface area contributed by atoms with Crippen molar-refractivity contribution in [3.05, 3.63) is 77.9 Å². The van der Waals surface area contributed by atoms with Crippen molar-refractivity contribution < 1.29 is 19.3 Å². The zero-order chi connectivity index (χ0) is 24.4. The van der Waals surface area contributed by atoms with Gasteiger partial charge in [-0.3, -0.25) is 4.57 Å². The molecule has 3 aromatic carbocycles. The second-order valence-electron chi connectivity index (χ2n) is 8.00. The number of nitrogens with one attached hydrogen (secondary N) is 1. The molecular formula is C26H25N6O3+. The van der Waals surface area contributed by atoms with Gasteiger partial charge in [-0.2, -0.15) is 9.67 Å². The van der Waals surface area contributed by atoms with E-state index in [0.29, 0.717) is 30.2 Å². The Kier molecular flexibility index (Phi) is 5.97. The van der Waals surface area contributed by atoms with E-state index >= 15 is 0 Å². The van der Waals surface area contributed by atoms with Gasteiger partial charge in [0.2, 0.25) is 0 Å². The van der Waals surface area contributed by atoms with E-state index in [0.717, 1.165) is 34.6 Å². The van der Waals surface area contributed by atoms with Crippen LogP contribution in [0.1, 0.15) is 29.8 Å². The van der Waals surface area contributed by atoms with E-state index in [-0.39, 0.29) is 5.56 Å². The number of ether oxygens (including phenoxy) is 1. The van der Waals surface area contributed by atoms with Crippen LogP contribution in [0.15, 0.2) is 66.7 Å². The number of nitrogens with zero attached hydrogens (tertiary/aromatic N) is 5. The fraction of sp³-hybridized carbons (Fsp3) is 0.192. The summed E-state index contributed by atoms with van der Waals surface area (Å²) < 4.78 is 9.46. The average Bonchev–Trinajstić information content (AvgIpc) is 3.49. The highest BCUT2D eigenvalue weighted by molar-refractivity contribution is 6.01. The minimum atomic E-state index is -0.996. The molecule has 2 heterocycles. The number of tetrazole rings is 1. The lowest BCUT2D eigenvalue weighted by Gasteiger charge is -2.12. The molecule has 35 heavy (non-hydrogen) atoms. The van der Waals surface area contributed by atoms with Crippen LogP contribution >= 0.6 is 0 Å². The van der Waals surface area contributed by atoms with Crippen LogP contribution < -0.4 is 9.42 Å². The van der Waals surface area contributed by atoms with E-state index < -0.39 is 5.97 Å². The Morgan fingerprint density at radius 1 is 1.03 bits per heavy atom. The first kappa shape index (κ1) is 22.3. The van der Waals surface area contributed by atoms with Crippen molar-refractivity contribution in [2.24, 2.45) is 0 Å². The summed E-state index contributed by atoms with van der Waals surface area (Å²) in [6.07, 6.45) is 0. The number of para-hydroxylation sites is 1. The van der Waals surface area contributed by atoms with E-state index in [9.17, 15) is 9.90 Å². The highest BCUT2D eigenvalue weighted by Crippen LogP contribution is 2.31. The molecule has 5 aromatic rings. The minimum Gasteiger partial charge on any atom is -0.478 e. The van der Waals surface area contributed by atoms with Gasteiger partial charge in [0.25, 0.3) is 6.01 Å². The molecular weight excluding hydrogens is 444 g/mol. The summed E-state index contributed by atoms with van der Waals surface area (Å²) in [5.41, 5.74) is 5.41. The third-order valence-corrected chi connectivity index (χ3v) is 5.89. The van der Waals surface area contributed by atoms with E-state index in [1.807, 2.05) is 53.4 Å². The molecule has 0 amide bonds. The summed E-state index contributed by atoms with van der Waals surface area (Å²) in [6.45, 7) is 5.51. The number of aryl methyl sites for hydroxylation is 1. The lowest BCUT2D eigenvalue weighted by Crippen LogP contribution is -2.36. The first-order valence-corrected chi connectivity index (χ1v) is 11.5. The molecule has 0 saturated carbocycles. The fourth-order valence-electron chi connectivity index (χ4n) is 4.27. The van der Waals surface area contributed by atoms with Crippen LogP contribution in [0.4, 0.5) is 0 Å². The molecule has 0 bridgehead atoms. The van der Waals surface area contributed by atoms with Gasteiger partial charge in [0.1, 0.15) is 5.10 Å². The van der Waals surface area contributed by atoms with Gasteiger partial charge in [-0.1, -0.05) is 53.7 Å². The molecule has 9 heteroatoms. The second kappa shape index (κ2) is 9.38. The number of carbonyl (C=O) groups is 1. The first-order chi connectivity index (χ1) is 17.1. The molecule has 0 saturated heterocycles. The number of hydrogen-bond acceptors (Lipinski definition) is 5. The summed E-state index contributed by atoms with van der Waals surface area (Å²) >= 11 is 0. The minimum absolute atomic E-state index is 0.198. The van der Waals surface area contributed by atoms with Crippen LogP contribution in [0.2, 0.25) is 0 Å². The Morgan fingerprint density at radius 3 is 2.51 bits per heavy atom. The van der Waals surface area contributed by atoms with Crippen LogP contribution in [0, 0.1) is 0 Å². The van der Waals surface area contributed by atoms with Crippen molar-refractivity contribution in [3.63, 3.8) is 0 Å². The van der Waals surface area contributed by atoms with Crippen molar-refractivity contribution in [1.29, 1.82) is 0 Å². The van der Waals surface area contributed by atoms with E-state index in [1.54, 1.807) is 18.2 Å². The molecule has 0 fully saturated rings. The first-order valence-electron chi connectivity index (χ1n) is 11.5. The zero-order valence-corrected chi connectivity index (χ0v) is 19.5. The maximum Gasteiger partial charge on any atom is 0.337 e. The van der Waals surface area contributed by atoms with Crippen molar-refractivity contribution in [2.45, 2.75) is 26.9 Å². The summed E-state index contributed by atoms with van der Waals surface area (Å²) in [4.78, 5) is 16.4. The Bertz CT molecular complexity index is 1500. The number of aromatic nitrogens is 6. The van der Waals surface area contributed by atoms with Gasteiger partial charge >= 0.3 is 11.8 Å². The molecule has 5 rings (SSSR count). The fourth-order valence-corrected chi connectivity index (χ4v) is 4.27. The Hall–Kier alpha value is -4.53. The number of H-pyrrole nitrogens is 1. The number of benzene rings is 3. The monoisotopic (exact) mass is 469 g/mol. The van der Waals surface area contributed by atoms with Crippen LogP contribution in [-0.2, 0) is 13.1 Å². The zero-order valence-electron chi connectivity index (χ0n) is 19.5. The summed E-state index contributed by atoms with van der Waals surface area (Å²) in [6, 6.07) is 21.8. The third-order valence-electron chi connectivity index (χ3n) is 5.89. The number of carboxylic acid groups (broad SMARTS) is 1. The maximum absolute atomic E-state index is 11.9. The number of rotatable bonds is 8. The highest BCUT2D eigenvalue weighted by Gasteiger charge is 2.21. The molecule has 0 atom stereocenters. The summed E-state index contributed by atoms with van der Waals surface area (Å²) in [5, 5.41) is 20.9. The number of hydrogen-bond donors (Lipinski definition) is 2. The second-order valence-corrected chi connectivity index (χ2v) is 8.00. The van der Waals surface area contributed by atoms with Crippen molar-refractivity contribution in [2.75, 3.05) is 6.61 Å². The molecule has 0 unspecified atom stereocenters. The lowest BCUT2D eigenvalue weighted by molar-refractivity contribution is -0.741. The standard InChI is InChI=1S/C26H24N6O3/c1-3-32-24(28-29-30-32)20-9-6-5-8-19(20)18-14-12-17(13-15-18)16-31-23-21(25(33)34)10-7-11-22(23)27-26(31)35-4-2/h5-15H,3-4,16H2,1-2H3,(H,33,34)/p+1. The van der Waals surface area contributed by atoms with E-state index in [2.05, 4.69) is 38.7 Å². The van der Waals surface area contributed by atoms with Crippen molar-refractivity contribution >= 4 is 17.0 Å². The smallest absolute Gasteiger partial charge is 0.337 e.